The number of carbonyl (C=O) groups excluding carboxylic acids is 1. The smallest absolute Gasteiger partial charge is 0.416 e. The molecule has 7 heteroatoms. The number of rotatable bonds is 2. The molecule has 0 N–H and O–H groups in total. The summed E-state index contributed by atoms with van der Waals surface area (Å²) >= 11 is 0. The second-order valence-corrected chi connectivity index (χ2v) is 5.85. The van der Waals surface area contributed by atoms with Crippen molar-refractivity contribution in [2.24, 2.45) is 0 Å². The summed E-state index contributed by atoms with van der Waals surface area (Å²) < 4.78 is 48.7. The molecule has 1 saturated heterocycles. The molecule has 4 nitrogen and oxygen atoms in total. The van der Waals surface area contributed by atoms with E-state index in [1.165, 1.54) is 18.4 Å². The summed E-state index contributed by atoms with van der Waals surface area (Å²) in [6.07, 6.45) is -1.78. The molecule has 2 aliphatic heterocycles. The quantitative estimate of drug-likeness (QED) is 0.828. The van der Waals surface area contributed by atoms with Crippen molar-refractivity contribution in [2.75, 3.05) is 26.3 Å². The fourth-order valence-electron chi connectivity index (χ4n) is 2.85. The van der Waals surface area contributed by atoms with Gasteiger partial charge >= 0.3 is 6.18 Å². The van der Waals surface area contributed by atoms with Crippen LogP contribution in [0.3, 0.4) is 0 Å². The van der Waals surface area contributed by atoms with Gasteiger partial charge in [-0.3, -0.25) is 4.79 Å². The minimum absolute atomic E-state index is 0.0880. The molecule has 2 aliphatic rings. The van der Waals surface area contributed by atoms with Crippen LogP contribution in [0.5, 0.6) is 0 Å². The van der Waals surface area contributed by atoms with Crippen LogP contribution in [-0.4, -0.2) is 37.1 Å². The largest absolute Gasteiger partial charge is 0.501 e. The second-order valence-electron chi connectivity index (χ2n) is 5.85. The van der Waals surface area contributed by atoms with Crippen LogP contribution in [0.25, 0.3) is 0 Å². The number of morpholine rings is 1. The Morgan fingerprint density at radius 1 is 1.17 bits per heavy atom. The molecule has 0 spiro atoms. The second kappa shape index (κ2) is 6.84. The van der Waals surface area contributed by atoms with Crippen LogP contribution in [0.2, 0.25) is 0 Å². The molecule has 1 aromatic rings. The Bertz CT molecular complexity index is 625. The summed E-state index contributed by atoms with van der Waals surface area (Å²) in [4.78, 5) is 14.2. The Balaban J connectivity index is 1.69. The molecule has 1 fully saturated rings. The van der Waals surface area contributed by atoms with Crippen LogP contribution >= 0.6 is 0 Å². The number of carbonyl (C=O) groups is 1. The van der Waals surface area contributed by atoms with Crippen LogP contribution in [0, 0.1) is 0 Å². The van der Waals surface area contributed by atoms with Gasteiger partial charge in [-0.2, -0.15) is 13.2 Å². The highest BCUT2D eigenvalue weighted by Gasteiger charge is 2.31. The molecule has 1 aromatic carbocycles. The average molecular weight is 341 g/mol. The van der Waals surface area contributed by atoms with Crippen molar-refractivity contribution in [2.45, 2.75) is 25.1 Å². The monoisotopic (exact) mass is 341 g/mol. The van der Waals surface area contributed by atoms with E-state index in [0.29, 0.717) is 43.9 Å². The Morgan fingerprint density at radius 2 is 1.92 bits per heavy atom. The van der Waals surface area contributed by atoms with Crippen molar-refractivity contribution in [1.82, 2.24) is 4.90 Å². The summed E-state index contributed by atoms with van der Waals surface area (Å²) in [5, 5.41) is 0. The first-order chi connectivity index (χ1) is 11.4. The van der Waals surface area contributed by atoms with Crippen molar-refractivity contribution in [1.29, 1.82) is 0 Å². The van der Waals surface area contributed by atoms with Crippen LogP contribution in [0.1, 0.15) is 30.1 Å². The summed E-state index contributed by atoms with van der Waals surface area (Å²) in [6, 6.07) is 4.89. The standard InChI is InChI=1S/C17H18F3NO3/c18-17(19,20)14-5-3-12(4-6-14)15-10-21(7-9-24-15)16(22)13-2-1-8-23-11-13/h3-6,11,15H,1-2,7-10H2/t15-/m1/s1. The van der Waals surface area contributed by atoms with Gasteiger partial charge in [0.15, 0.2) is 0 Å². The van der Waals surface area contributed by atoms with Gasteiger partial charge in [0.1, 0.15) is 6.10 Å². The summed E-state index contributed by atoms with van der Waals surface area (Å²) in [7, 11) is 0. The summed E-state index contributed by atoms with van der Waals surface area (Å²) in [5.74, 6) is -0.0880. The zero-order valence-corrected chi connectivity index (χ0v) is 13.0. The molecule has 24 heavy (non-hydrogen) atoms. The molecule has 1 atom stereocenters. The Labute approximate surface area is 137 Å². The molecular weight excluding hydrogens is 323 g/mol. The fourth-order valence-corrected chi connectivity index (χ4v) is 2.85. The van der Waals surface area contributed by atoms with Gasteiger partial charge < -0.3 is 14.4 Å². The molecule has 0 saturated carbocycles. The molecule has 3 rings (SSSR count). The third-order valence-electron chi connectivity index (χ3n) is 4.17. The van der Waals surface area contributed by atoms with Crippen LogP contribution in [0.4, 0.5) is 13.2 Å². The minimum Gasteiger partial charge on any atom is -0.501 e. The van der Waals surface area contributed by atoms with E-state index in [0.717, 1.165) is 18.6 Å². The van der Waals surface area contributed by atoms with Crippen LogP contribution in [-0.2, 0) is 20.4 Å². The van der Waals surface area contributed by atoms with Gasteiger partial charge in [0.2, 0.25) is 0 Å². The van der Waals surface area contributed by atoms with E-state index in [2.05, 4.69) is 0 Å². The minimum atomic E-state index is -4.36. The number of alkyl halides is 3. The average Bonchev–Trinajstić information content (AvgIpc) is 2.61. The van der Waals surface area contributed by atoms with E-state index < -0.39 is 17.8 Å². The first-order valence-corrected chi connectivity index (χ1v) is 7.84. The number of ether oxygens (including phenoxy) is 2. The highest BCUT2D eigenvalue weighted by molar-refractivity contribution is 5.93. The lowest BCUT2D eigenvalue weighted by molar-refractivity contribution is -0.137. The van der Waals surface area contributed by atoms with Crippen molar-refractivity contribution < 1.29 is 27.4 Å². The van der Waals surface area contributed by atoms with E-state index in [9.17, 15) is 18.0 Å². The highest BCUT2D eigenvalue weighted by Crippen LogP contribution is 2.31. The maximum atomic E-state index is 12.6. The SMILES string of the molecule is O=C(C1=COCCC1)N1CCO[C@@H](c2ccc(C(F)(F)F)cc2)C1. The van der Waals surface area contributed by atoms with Crippen molar-refractivity contribution in [3.63, 3.8) is 0 Å². The topological polar surface area (TPSA) is 38.8 Å². The lowest BCUT2D eigenvalue weighted by Crippen LogP contribution is -2.43. The molecule has 2 heterocycles. The van der Waals surface area contributed by atoms with E-state index in [-0.39, 0.29) is 5.91 Å². The fraction of sp³-hybridized carbons (Fsp3) is 0.471. The van der Waals surface area contributed by atoms with E-state index in [1.807, 2.05) is 0 Å². The number of benzene rings is 1. The third-order valence-corrected chi connectivity index (χ3v) is 4.17. The lowest BCUT2D eigenvalue weighted by atomic mass is 10.0. The van der Waals surface area contributed by atoms with E-state index in [1.54, 1.807) is 4.90 Å². The Hall–Kier alpha value is -2.02. The van der Waals surface area contributed by atoms with Gasteiger partial charge in [-0.15, -0.1) is 0 Å². The van der Waals surface area contributed by atoms with E-state index in [4.69, 9.17) is 9.47 Å². The predicted octanol–water partition coefficient (Wildman–Crippen LogP) is 3.30. The molecule has 0 radical (unpaired) electrons. The van der Waals surface area contributed by atoms with Crippen LogP contribution in [0.15, 0.2) is 36.1 Å². The first kappa shape index (κ1) is 16.8. The highest BCUT2D eigenvalue weighted by atomic mass is 19.4. The molecule has 130 valence electrons. The van der Waals surface area contributed by atoms with Crippen molar-refractivity contribution in [3.05, 3.63) is 47.2 Å². The van der Waals surface area contributed by atoms with Crippen molar-refractivity contribution in [3.8, 4) is 0 Å². The molecule has 0 bridgehead atoms. The number of hydrogen-bond donors (Lipinski definition) is 0. The molecule has 1 amide bonds. The van der Waals surface area contributed by atoms with Gasteiger partial charge in [-0.1, -0.05) is 12.1 Å². The predicted molar refractivity (Wildman–Crippen MR) is 80.0 cm³/mol. The normalized spacial score (nSPS) is 21.9. The molecule has 0 unspecified atom stereocenters. The number of nitrogens with zero attached hydrogens (tertiary/aromatic N) is 1. The zero-order valence-electron chi connectivity index (χ0n) is 13.0. The maximum Gasteiger partial charge on any atom is 0.416 e. The number of amides is 1. The van der Waals surface area contributed by atoms with Crippen molar-refractivity contribution >= 4 is 5.91 Å². The maximum absolute atomic E-state index is 12.6. The number of halogens is 3. The molecule has 0 aliphatic carbocycles. The summed E-state index contributed by atoms with van der Waals surface area (Å²) in [5.41, 5.74) is 0.572. The lowest BCUT2D eigenvalue weighted by Gasteiger charge is -2.34. The van der Waals surface area contributed by atoms with Crippen LogP contribution < -0.4 is 0 Å². The first-order valence-electron chi connectivity index (χ1n) is 7.84. The van der Waals surface area contributed by atoms with Gasteiger partial charge in [-0.05, 0) is 30.5 Å². The van der Waals surface area contributed by atoms with Gasteiger partial charge in [0.25, 0.3) is 5.91 Å². The Kier molecular flexibility index (Phi) is 4.80. The van der Waals surface area contributed by atoms with Gasteiger partial charge in [0.05, 0.1) is 37.2 Å². The molecular formula is C17H18F3NO3. The number of hydrogen-bond acceptors (Lipinski definition) is 3. The Morgan fingerprint density at radius 3 is 2.54 bits per heavy atom. The zero-order chi connectivity index (χ0) is 17.2. The van der Waals surface area contributed by atoms with E-state index >= 15 is 0 Å². The molecule has 0 aromatic heterocycles. The summed E-state index contributed by atoms with van der Waals surface area (Å²) in [6.45, 7) is 1.76. The van der Waals surface area contributed by atoms with Gasteiger partial charge in [0, 0.05) is 6.54 Å². The third kappa shape index (κ3) is 3.72. The van der Waals surface area contributed by atoms with Gasteiger partial charge in [-0.25, -0.2) is 0 Å².